The third-order valence-electron chi connectivity index (χ3n) is 3.97. The summed E-state index contributed by atoms with van der Waals surface area (Å²) in [5.41, 5.74) is 7.82. The van der Waals surface area contributed by atoms with Crippen molar-refractivity contribution in [3.05, 3.63) is 20.9 Å². The van der Waals surface area contributed by atoms with Crippen LogP contribution in [0.1, 0.15) is 27.3 Å². The zero-order chi connectivity index (χ0) is 14.0. The smallest absolute Gasteiger partial charge is 0.260 e. The van der Waals surface area contributed by atoms with E-state index in [4.69, 9.17) is 15.2 Å². The maximum Gasteiger partial charge on any atom is 0.260 e. The molecule has 0 radical (unpaired) electrons. The Bertz CT molecular complexity index is 714. The number of sulfonamides is 1. The Labute approximate surface area is 120 Å². The molecule has 2 aliphatic heterocycles. The van der Waals surface area contributed by atoms with Gasteiger partial charge in [-0.1, -0.05) is 0 Å². The highest BCUT2D eigenvalue weighted by Gasteiger charge is 2.43. The van der Waals surface area contributed by atoms with Crippen molar-refractivity contribution in [2.24, 2.45) is 10.1 Å². The molecular weight excluding hydrogens is 300 g/mol. The molecule has 108 valence electrons. The van der Waals surface area contributed by atoms with E-state index in [1.54, 1.807) is 0 Å². The minimum absolute atomic E-state index is 0.0462. The molecule has 0 saturated carbocycles. The van der Waals surface area contributed by atoms with Crippen molar-refractivity contribution in [1.82, 2.24) is 0 Å². The number of nitrogens with two attached hydrogens (primary N) is 1. The van der Waals surface area contributed by atoms with Gasteiger partial charge in [-0.25, -0.2) is 8.42 Å². The van der Waals surface area contributed by atoms with Crippen LogP contribution in [-0.2, 0) is 38.1 Å². The molecule has 4 rings (SSSR count). The normalized spacial score (nSPS) is 26.1. The van der Waals surface area contributed by atoms with Crippen LogP contribution in [0.2, 0.25) is 0 Å². The molecule has 1 spiro atoms. The van der Waals surface area contributed by atoms with Gasteiger partial charge >= 0.3 is 0 Å². The average Bonchev–Trinajstić information content (AvgIpc) is 2.91. The number of hydrogen-bond acceptors (Lipinski definition) is 6. The Morgan fingerprint density at radius 2 is 2.00 bits per heavy atom. The molecule has 3 aliphatic rings. The van der Waals surface area contributed by atoms with Crippen molar-refractivity contribution < 1.29 is 17.9 Å². The maximum absolute atomic E-state index is 11.7. The van der Waals surface area contributed by atoms with Gasteiger partial charge in [-0.05, 0) is 12.0 Å². The van der Waals surface area contributed by atoms with Crippen molar-refractivity contribution in [1.29, 1.82) is 0 Å². The molecule has 1 aromatic heterocycles. The van der Waals surface area contributed by atoms with Crippen molar-refractivity contribution in [3.63, 3.8) is 0 Å². The highest BCUT2D eigenvalue weighted by Crippen LogP contribution is 2.43. The predicted molar refractivity (Wildman–Crippen MR) is 74.3 cm³/mol. The lowest BCUT2D eigenvalue weighted by molar-refractivity contribution is -0.163. The molecular formula is C12H14N2O4S2. The van der Waals surface area contributed by atoms with E-state index in [-0.39, 0.29) is 11.6 Å². The third-order valence-corrected chi connectivity index (χ3v) is 6.51. The first-order valence-electron chi connectivity index (χ1n) is 6.48. The van der Waals surface area contributed by atoms with Gasteiger partial charge in [-0.15, -0.1) is 15.7 Å². The highest BCUT2D eigenvalue weighted by molar-refractivity contribution is 7.89. The molecule has 1 saturated heterocycles. The first-order chi connectivity index (χ1) is 9.48. The van der Waals surface area contributed by atoms with Gasteiger partial charge < -0.3 is 15.2 Å². The van der Waals surface area contributed by atoms with E-state index in [1.165, 1.54) is 11.3 Å². The van der Waals surface area contributed by atoms with E-state index < -0.39 is 15.8 Å². The summed E-state index contributed by atoms with van der Waals surface area (Å²) in [6, 6.07) is 0. The van der Waals surface area contributed by atoms with Gasteiger partial charge in [-0.2, -0.15) is 0 Å². The minimum Gasteiger partial charge on any atom is -0.382 e. The predicted octanol–water partition coefficient (Wildman–Crippen LogP) is 0.529. The van der Waals surface area contributed by atoms with Crippen LogP contribution in [0.25, 0.3) is 0 Å². The fourth-order valence-corrected chi connectivity index (χ4v) is 6.02. The Hall–Kier alpha value is -0.960. The largest absolute Gasteiger partial charge is 0.382 e. The fraction of sp³-hybridized carbons (Fsp3) is 0.583. The summed E-state index contributed by atoms with van der Waals surface area (Å²) < 4.78 is 38.5. The maximum atomic E-state index is 11.7. The summed E-state index contributed by atoms with van der Waals surface area (Å²) in [6.07, 6.45) is 2.24. The second-order valence-corrected chi connectivity index (χ2v) is 8.11. The van der Waals surface area contributed by atoms with E-state index in [0.717, 1.165) is 33.7 Å². The second-order valence-electron chi connectivity index (χ2n) is 5.29. The molecule has 0 bridgehead atoms. The minimum atomic E-state index is -3.46. The van der Waals surface area contributed by atoms with E-state index in [9.17, 15) is 8.42 Å². The van der Waals surface area contributed by atoms with E-state index in [1.807, 2.05) is 0 Å². The van der Waals surface area contributed by atoms with Gasteiger partial charge in [0.05, 0.1) is 13.2 Å². The SMILES string of the molecule is NC1=NS(=O)(=O)Cc2sc3c(c21)CCC1(C3)OCCO1. The van der Waals surface area contributed by atoms with Gasteiger partial charge in [0.15, 0.2) is 5.79 Å². The molecule has 0 aromatic carbocycles. The van der Waals surface area contributed by atoms with Crippen molar-refractivity contribution in [3.8, 4) is 0 Å². The lowest BCUT2D eigenvalue weighted by Gasteiger charge is -2.31. The number of fused-ring (bicyclic) bond motifs is 3. The molecule has 1 fully saturated rings. The highest BCUT2D eigenvalue weighted by atomic mass is 32.2. The molecule has 6 nitrogen and oxygen atoms in total. The third kappa shape index (κ3) is 1.82. The van der Waals surface area contributed by atoms with Gasteiger partial charge in [0, 0.05) is 28.2 Å². The second kappa shape index (κ2) is 4.03. The van der Waals surface area contributed by atoms with E-state index in [2.05, 4.69) is 4.40 Å². The summed E-state index contributed by atoms with van der Waals surface area (Å²) >= 11 is 1.50. The first kappa shape index (κ1) is 12.8. The fourth-order valence-electron chi connectivity index (χ4n) is 3.16. The van der Waals surface area contributed by atoms with Crippen molar-refractivity contribution in [2.45, 2.75) is 30.8 Å². The van der Waals surface area contributed by atoms with Crippen LogP contribution in [0.15, 0.2) is 4.40 Å². The number of ether oxygens (including phenoxy) is 2. The van der Waals surface area contributed by atoms with Gasteiger partial charge in [0.1, 0.15) is 11.6 Å². The number of rotatable bonds is 0. The summed E-state index contributed by atoms with van der Waals surface area (Å²) in [6.45, 7) is 1.25. The van der Waals surface area contributed by atoms with Crippen LogP contribution in [0.5, 0.6) is 0 Å². The number of thiophene rings is 1. The monoisotopic (exact) mass is 314 g/mol. The van der Waals surface area contributed by atoms with Crippen LogP contribution >= 0.6 is 11.3 Å². The lowest BCUT2D eigenvalue weighted by atomic mass is 9.90. The topological polar surface area (TPSA) is 91.0 Å². The van der Waals surface area contributed by atoms with Crippen LogP contribution in [0, 0.1) is 0 Å². The summed E-state index contributed by atoms with van der Waals surface area (Å²) in [5, 5.41) is 0. The molecule has 1 aliphatic carbocycles. The lowest BCUT2D eigenvalue weighted by Crippen LogP contribution is -2.37. The number of nitrogens with zero attached hydrogens (tertiary/aromatic N) is 1. The number of hydrogen-bond donors (Lipinski definition) is 1. The summed E-state index contributed by atoms with van der Waals surface area (Å²) in [4.78, 5) is 1.93. The van der Waals surface area contributed by atoms with Crippen LogP contribution in [0.4, 0.5) is 0 Å². The number of amidine groups is 1. The standard InChI is InChI=1S/C12H14N2O4S2/c13-11-10-7-1-2-12(17-3-4-18-12)5-8(7)19-9(10)6-20(15,16)14-11/h1-6H2,(H2,13,14). The summed E-state index contributed by atoms with van der Waals surface area (Å²) in [5.74, 6) is -0.423. The molecule has 0 atom stereocenters. The van der Waals surface area contributed by atoms with Gasteiger partial charge in [-0.3, -0.25) is 0 Å². The molecule has 8 heteroatoms. The Morgan fingerprint density at radius 1 is 1.25 bits per heavy atom. The average molecular weight is 314 g/mol. The van der Waals surface area contributed by atoms with Crippen molar-refractivity contribution in [2.75, 3.05) is 13.2 Å². The molecule has 3 heterocycles. The van der Waals surface area contributed by atoms with Crippen LogP contribution in [0.3, 0.4) is 0 Å². The summed E-state index contributed by atoms with van der Waals surface area (Å²) in [7, 11) is -3.46. The molecule has 2 N–H and O–H groups in total. The molecule has 0 amide bonds. The first-order valence-corrected chi connectivity index (χ1v) is 8.90. The van der Waals surface area contributed by atoms with Gasteiger partial charge in [0.25, 0.3) is 10.0 Å². The molecule has 1 aromatic rings. The Kier molecular flexibility index (Phi) is 2.57. The van der Waals surface area contributed by atoms with Crippen molar-refractivity contribution >= 4 is 27.2 Å². The van der Waals surface area contributed by atoms with Crippen LogP contribution in [-0.4, -0.2) is 33.3 Å². The van der Waals surface area contributed by atoms with E-state index >= 15 is 0 Å². The van der Waals surface area contributed by atoms with E-state index in [0.29, 0.717) is 19.6 Å². The Balaban J connectivity index is 1.79. The zero-order valence-corrected chi connectivity index (χ0v) is 12.3. The van der Waals surface area contributed by atoms with Gasteiger partial charge in [0.2, 0.25) is 0 Å². The quantitative estimate of drug-likeness (QED) is 0.754. The molecule has 20 heavy (non-hydrogen) atoms. The zero-order valence-electron chi connectivity index (χ0n) is 10.7. The Morgan fingerprint density at radius 3 is 2.75 bits per heavy atom. The molecule has 0 unspecified atom stereocenters. The van der Waals surface area contributed by atoms with Crippen LogP contribution < -0.4 is 5.73 Å².